The van der Waals surface area contributed by atoms with Gasteiger partial charge in [-0.1, -0.05) is 18.2 Å². The van der Waals surface area contributed by atoms with Crippen LogP contribution < -0.4 is 5.32 Å². The maximum Gasteiger partial charge on any atom is 0.152 e. The normalized spacial score (nSPS) is 10.6. The second-order valence-electron chi connectivity index (χ2n) is 4.19. The highest BCUT2D eigenvalue weighted by atomic mass is 15.0. The van der Waals surface area contributed by atoms with Crippen molar-refractivity contribution in [1.29, 1.82) is 0 Å². The molecule has 0 aliphatic carbocycles. The zero-order valence-corrected chi connectivity index (χ0v) is 10.7. The maximum absolute atomic E-state index is 4.46. The van der Waals surface area contributed by atoms with Gasteiger partial charge in [-0.25, -0.2) is 4.98 Å². The minimum atomic E-state index is 0.807. The van der Waals surface area contributed by atoms with Crippen molar-refractivity contribution >= 4 is 16.6 Å². The molecule has 0 spiro atoms. The highest BCUT2D eigenvalue weighted by Crippen LogP contribution is 2.30. The summed E-state index contributed by atoms with van der Waals surface area (Å²) >= 11 is 0. The SMILES string of the molecule is CCNc1nccnc1-c1cccc2ccncc12. The van der Waals surface area contributed by atoms with E-state index >= 15 is 0 Å². The van der Waals surface area contributed by atoms with Crippen LogP contribution in [0.4, 0.5) is 5.82 Å². The Morgan fingerprint density at radius 2 is 1.95 bits per heavy atom. The fraction of sp³-hybridized carbons (Fsp3) is 0.133. The Hall–Kier alpha value is -2.49. The van der Waals surface area contributed by atoms with Crippen molar-refractivity contribution in [3.05, 3.63) is 49.1 Å². The molecule has 4 nitrogen and oxygen atoms in total. The van der Waals surface area contributed by atoms with Gasteiger partial charge in [0.05, 0.1) is 0 Å². The van der Waals surface area contributed by atoms with Gasteiger partial charge in [0, 0.05) is 42.3 Å². The monoisotopic (exact) mass is 250 g/mol. The number of nitrogens with one attached hydrogen (secondary N) is 1. The van der Waals surface area contributed by atoms with E-state index in [0.717, 1.165) is 34.4 Å². The number of rotatable bonds is 3. The van der Waals surface area contributed by atoms with E-state index in [-0.39, 0.29) is 0 Å². The Kier molecular flexibility index (Phi) is 3.06. The lowest BCUT2D eigenvalue weighted by molar-refractivity contribution is 1.13. The van der Waals surface area contributed by atoms with Crippen molar-refractivity contribution < 1.29 is 0 Å². The smallest absolute Gasteiger partial charge is 0.152 e. The fourth-order valence-electron chi connectivity index (χ4n) is 2.15. The van der Waals surface area contributed by atoms with E-state index in [1.807, 2.05) is 25.3 Å². The molecule has 0 bridgehead atoms. The van der Waals surface area contributed by atoms with Crippen LogP contribution in [-0.2, 0) is 0 Å². The van der Waals surface area contributed by atoms with E-state index < -0.39 is 0 Å². The van der Waals surface area contributed by atoms with Crippen LogP contribution in [0, 0.1) is 0 Å². The van der Waals surface area contributed by atoms with Crippen LogP contribution >= 0.6 is 0 Å². The maximum atomic E-state index is 4.46. The molecule has 0 amide bonds. The second-order valence-corrected chi connectivity index (χ2v) is 4.19. The van der Waals surface area contributed by atoms with Gasteiger partial charge in [-0.05, 0) is 18.4 Å². The molecule has 0 unspecified atom stereocenters. The first-order valence-electron chi connectivity index (χ1n) is 6.28. The van der Waals surface area contributed by atoms with E-state index in [4.69, 9.17) is 0 Å². The summed E-state index contributed by atoms with van der Waals surface area (Å²) in [5.41, 5.74) is 1.91. The van der Waals surface area contributed by atoms with E-state index in [9.17, 15) is 0 Å². The lowest BCUT2D eigenvalue weighted by atomic mass is 10.0. The Morgan fingerprint density at radius 1 is 1.05 bits per heavy atom. The van der Waals surface area contributed by atoms with Crippen molar-refractivity contribution in [2.24, 2.45) is 0 Å². The molecule has 94 valence electrons. The summed E-state index contributed by atoms with van der Waals surface area (Å²) in [5, 5.41) is 5.49. The van der Waals surface area contributed by atoms with Crippen molar-refractivity contribution in [1.82, 2.24) is 15.0 Å². The summed E-state index contributed by atoms with van der Waals surface area (Å²) < 4.78 is 0. The second kappa shape index (κ2) is 5.02. The van der Waals surface area contributed by atoms with E-state index in [1.165, 1.54) is 0 Å². The third kappa shape index (κ3) is 2.12. The molecule has 0 aliphatic rings. The molecular weight excluding hydrogens is 236 g/mol. The zero-order chi connectivity index (χ0) is 13.1. The quantitative estimate of drug-likeness (QED) is 0.776. The van der Waals surface area contributed by atoms with Gasteiger partial charge in [-0.15, -0.1) is 0 Å². The van der Waals surface area contributed by atoms with Crippen molar-refractivity contribution in [3.63, 3.8) is 0 Å². The molecule has 19 heavy (non-hydrogen) atoms. The lowest BCUT2D eigenvalue weighted by Gasteiger charge is -2.10. The lowest BCUT2D eigenvalue weighted by Crippen LogP contribution is -2.02. The first kappa shape index (κ1) is 11.6. The molecular formula is C15H14N4. The molecule has 3 rings (SSSR count). The summed E-state index contributed by atoms with van der Waals surface area (Å²) in [6, 6.07) is 8.16. The summed E-state index contributed by atoms with van der Waals surface area (Å²) in [6.45, 7) is 2.86. The van der Waals surface area contributed by atoms with Crippen LogP contribution in [-0.4, -0.2) is 21.5 Å². The minimum Gasteiger partial charge on any atom is -0.369 e. The third-order valence-electron chi connectivity index (χ3n) is 2.98. The van der Waals surface area contributed by atoms with Gasteiger partial charge in [0.25, 0.3) is 0 Å². The average molecular weight is 250 g/mol. The molecule has 0 atom stereocenters. The molecule has 0 fully saturated rings. The fourth-order valence-corrected chi connectivity index (χ4v) is 2.15. The predicted molar refractivity (Wildman–Crippen MR) is 76.9 cm³/mol. The summed E-state index contributed by atoms with van der Waals surface area (Å²) in [7, 11) is 0. The van der Waals surface area contributed by atoms with E-state index in [0.29, 0.717) is 0 Å². The Balaban J connectivity index is 2.25. The summed E-state index contributed by atoms with van der Waals surface area (Å²) in [5.74, 6) is 0.807. The van der Waals surface area contributed by atoms with Crippen LogP contribution in [0.25, 0.3) is 22.0 Å². The molecule has 3 aromatic rings. The first-order valence-corrected chi connectivity index (χ1v) is 6.28. The van der Waals surface area contributed by atoms with Gasteiger partial charge in [-0.3, -0.25) is 9.97 Å². The zero-order valence-electron chi connectivity index (χ0n) is 10.7. The molecule has 2 heterocycles. The first-order chi connectivity index (χ1) is 9.40. The van der Waals surface area contributed by atoms with Gasteiger partial charge >= 0.3 is 0 Å². The topological polar surface area (TPSA) is 50.7 Å². The molecule has 0 saturated carbocycles. The highest BCUT2D eigenvalue weighted by Gasteiger charge is 2.10. The van der Waals surface area contributed by atoms with Gasteiger partial charge in [0.15, 0.2) is 5.82 Å². The Bertz CT molecular complexity index is 704. The molecule has 4 heteroatoms. The van der Waals surface area contributed by atoms with Crippen LogP contribution in [0.15, 0.2) is 49.1 Å². The number of pyridine rings is 1. The van der Waals surface area contributed by atoms with E-state index in [2.05, 4.69) is 32.4 Å². The molecule has 0 aliphatic heterocycles. The number of aromatic nitrogens is 3. The number of nitrogens with zero attached hydrogens (tertiary/aromatic N) is 3. The number of hydrogen-bond acceptors (Lipinski definition) is 4. The van der Waals surface area contributed by atoms with Crippen LogP contribution in [0.2, 0.25) is 0 Å². The van der Waals surface area contributed by atoms with Crippen LogP contribution in [0.1, 0.15) is 6.92 Å². The van der Waals surface area contributed by atoms with Gasteiger partial charge < -0.3 is 5.32 Å². The minimum absolute atomic E-state index is 0.807. The van der Waals surface area contributed by atoms with Gasteiger partial charge in [-0.2, -0.15) is 0 Å². The number of benzene rings is 1. The van der Waals surface area contributed by atoms with Gasteiger partial charge in [0.1, 0.15) is 5.69 Å². The number of hydrogen-bond donors (Lipinski definition) is 1. The third-order valence-corrected chi connectivity index (χ3v) is 2.98. The molecule has 1 aromatic carbocycles. The van der Waals surface area contributed by atoms with Crippen molar-refractivity contribution in [2.45, 2.75) is 6.92 Å². The highest BCUT2D eigenvalue weighted by molar-refractivity contribution is 5.97. The van der Waals surface area contributed by atoms with Gasteiger partial charge in [0.2, 0.25) is 0 Å². The average Bonchev–Trinajstić information content (AvgIpc) is 2.48. The molecule has 0 radical (unpaired) electrons. The van der Waals surface area contributed by atoms with Crippen LogP contribution in [0.3, 0.4) is 0 Å². The van der Waals surface area contributed by atoms with Crippen molar-refractivity contribution in [3.8, 4) is 11.3 Å². The standard InChI is InChI=1S/C15H14N4/c1-2-17-15-14(18-8-9-19-15)12-5-3-4-11-6-7-16-10-13(11)12/h3-10H,2H2,1H3,(H,17,19). The Morgan fingerprint density at radius 3 is 2.84 bits per heavy atom. The molecule has 0 saturated heterocycles. The molecule has 2 aromatic heterocycles. The molecule has 1 N–H and O–H groups in total. The Labute approximate surface area is 111 Å². The summed E-state index contributed by atoms with van der Waals surface area (Å²) in [6.07, 6.45) is 7.08. The number of anilines is 1. The number of fused-ring (bicyclic) bond motifs is 1. The van der Waals surface area contributed by atoms with Crippen molar-refractivity contribution in [2.75, 3.05) is 11.9 Å². The predicted octanol–water partition coefficient (Wildman–Crippen LogP) is 3.12. The van der Waals surface area contributed by atoms with Crippen LogP contribution in [0.5, 0.6) is 0 Å². The summed E-state index contributed by atoms with van der Waals surface area (Å²) in [4.78, 5) is 13.0. The van der Waals surface area contributed by atoms with E-state index in [1.54, 1.807) is 18.6 Å². The largest absolute Gasteiger partial charge is 0.369 e.